The lowest BCUT2D eigenvalue weighted by atomic mass is 10.1. The molecule has 1 aromatic carbocycles. The fraction of sp³-hybridized carbons (Fsp3) is 0.273. The predicted molar refractivity (Wildman–Crippen MR) is 55.9 cm³/mol. The zero-order valence-corrected chi connectivity index (χ0v) is 8.68. The Balaban J connectivity index is 3.03. The fourth-order valence-electron chi connectivity index (χ4n) is 1.22. The van der Waals surface area contributed by atoms with Gasteiger partial charge in [-0.1, -0.05) is 12.2 Å². The average molecular weight is 213 g/mol. The van der Waals surface area contributed by atoms with Crippen LogP contribution in [0.3, 0.4) is 0 Å². The third-order valence-corrected chi connectivity index (χ3v) is 1.86. The topological polar surface area (TPSA) is 21.3 Å². The van der Waals surface area contributed by atoms with E-state index in [1.165, 1.54) is 13.2 Å². The minimum Gasteiger partial charge on any atom is -0.493 e. The van der Waals surface area contributed by atoms with Crippen molar-refractivity contribution in [3.63, 3.8) is 0 Å². The maximum Gasteiger partial charge on any atom is 0.168 e. The monoisotopic (exact) mass is 213 g/mol. The number of nitrogens with one attached hydrogen (secondary N) is 1. The first kappa shape index (κ1) is 11.7. The Bertz CT molecular complexity index is 364. The Labute approximate surface area is 87.6 Å². The lowest BCUT2D eigenvalue weighted by Gasteiger charge is -2.06. The van der Waals surface area contributed by atoms with Gasteiger partial charge in [0, 0.05) is 18.2 Å². The number of hydrogen-bond acceptors (Lipinski definition) is 2. The van der Waals surface area contributed by atoms with E-state index in [1.807, 2.05) is 0 Å². The molecule has 0 radical (unpaired) electrons. The molecule has 0 saturated heterocycles. The van der Waals surface area contributed by atoms with Gasteiger partial charge in [0.15, 0.2) is 11.6 Å². The van der Waals surface area contributed by atoms with E-state index in [2.05, 4.69) is 5.32 Å². The van der Waals surface area contributed by atoms with Crippen LogP contribution in [-0.2, 0) is 0 Å². The average Bonchev–Trinajstić information content (AvgIpc) is 2.17. The molecule has 0 amide bonds. The Hall–Kier alpha value is -1.42. The van der Waals surface area contributed by atoms with Gasteiger partial charge in [0.05, 0.1) is 7.11 Å². The van der Waals surface area contributed by atoms with Crippen LogP contribution in [0.2, 0.25) is 0 Å². The highest BCUT2D eigenvalue weighted by Crippen LogP contribution is 2.24. The minimum absolute atomic E-state index is 0.0590. The van der Waals surface area contributed by atoms with E-state index in [9.17, 15) is 8.78 Å². The van der Waals surface area contributed by atoms with Gasteiger partial charge in [-0.2, -0.15) is 0 Å². The molecule has 15 heavy (non-hydrogen) atoms. The van der Waals surface area contributed by atoms with E-state index in [0.717, 1.165) is 6.07 Å². The Morgan fingerprint density at radius 3 is 2.73 bits per heavy atom. The predicted octanol–water partition coefficient (Wildman–Crippen LogP) is 2.21. The zero-order chi connectivity index (χ0) is 11.3. The molecular formula is C11H13F2NO. The van der Waals surface area contributed by atoms with E-state index in [1.54, 1.807) is 19.2 Å². The van der Waals surface area contributed by atoms with Crippen molar-refractivity contribution < 1.29 is 13.5 Å². The lowest BCUT2D eigenvalue weighted by molar-refractivity contribution is 0.383. The minimum atomic E-state index is -0.693. The van der Waals surface area contributed by atoms with E-state index in [0.29, 0.717) is 12.1 Å². The number of benzene rings is 1. The molecule has 1 aromatic rings. The number of ether oxygens (including phenoxy) is 1. The summed E-state index contributed by atoms with van der Waals surface area (Å²) in [4.78, 5) is 0. The van der Waals surface area contributed by atoms with E-state index >= 15 is 0 Å². The quantitative estimate of drug-likeness (QED) is 0.827. The second kappa shape index (κ2) is 5.46. The molecule has 0 atom stereocenters. The maximum absolute atomic E-state index is 13.2. The van der Waals surface area contributed by atoms with E-state index in [4.69, 9.17) is 4.74 Å². The summed E-state index contributed by atoms with van der Waals surface area (Å²) in [6.07, 6.45) is 3.37. The first-order chi connectivity index (χ1) is 7.19. The highest BCUT2D eigenvalue weighted by molar-refractivity contribution is 5.58. The van der Waals surface area contributed by atoms with Crippen LogP contribution in [0.15, 0.2) is 18.2 Å². The van der Waals surface area contributed by atoms with Gasteiger partial charge in [-0.15, -0.1) is 0 Å². The van der Waals surface area contributed by atoms with Crippen LogP contribution >= 0.6 is 0 Å². The number of methoxy groups -OCH3 is 1. The van der Waals surface area contributed by atoms with Crippen molar-refractivity contribution in [3.8, 4) is 5.75 Å². The van der Waals surface area contributed by atoms with Crippen molar-refractivity contribution in [2.45, 2.75) is 0 Å². The molecule has 0 fully saturated rings. The van der Waals surface area contributed by atoms with Gasteiger partial charge in [0.2, 0.25) is 0 Å². The van der Waals surface area contributed by atoms with Crippen LogP contribution in [0.4, 0.5) is 8.78 Å². The molecule has 0 aliphatic rings. The summed E-state index contributed by atoms with van der Waals surface area (Å²) < 4.78 is 31.0. The summed E-state index contributed by atoms with van der Waals surface area (Å²) in [6.45, 7) is 0.626. The molecule has 0 heterocycles. The molecular weight excluding hydrogens is 200 g/mol. The van der Waals surface area contributed by atoms with Crippen LogP contribution in [0.25, 0.3) is 6.08 Å². The van der Waals surface area contributed by atoms with Gasteiger partial charge in [-0.3, -0.25) is 0 Å². The fourth-order valence-corrected chi connectivity index (χ4v) is 1.22. The maximum atomic E-state index is 13.2. The van der Waals surface area contributed by atoms with Crippen LogP contribution < -0.4 is 10.1 Å². The zero-order valence-electron chi connectivity index (χ0n) is 8.68. The standard InChI is InChI=1S/C11H13F2NO/c1-14-5-3-4-8-6-9(12)7-10(13)11(8)15-2/h3-4,6-7,14H,5H2,1-2H3. The number of halogens is 2. The molecule has 0 spiro atoms. The lowest BCUT2D eigenvalue weighted by Crippen LogP contribution is -2.03. The first-order valence-corrected chi connectivity index (χ1v) is 4.53. The summed E-state index contributed by atoms with van der Waals surface area (Å²) in [5.41, 5.74) is 0.394. The molecule has 0 bridgehead atoms. The number of rotatable bonds is 4. The summed E-state index contributed by atoms with van der Waals surface area (Å²) in [5.74, 6) is -1.25. The normalized spacial score (nSPS) is 10.9. The number of hydrogen-bond donors (Lipinski definition) is 1. The van der Waals surface area contributed by atoms with Crippen LogP contribution in [-0.4, -0.2) is 20.7 Å². The summed E-state index contributed by atoms with van der Waals surface area (Å²) in [7, 11) is 3.14. The van der Waals surface area contributed by atoms with Crippen LogP contribution in [0.5, 0.6) is 5.75 Å². The molecule has 0 aliphatic heterocycles. The summed E-state index contributed by atoms with van der Waals surface area (Å²) in [5, 5.41) is 2.89. The Morgan fingerprint density at radius 1 is 1.40 bits per heavy atom. The SMILES string of the molecule is CNCC=Cc1cc(F)cc(F)c1OC. The van der Waals surface area contributed by atoms with Gasteiger partial charge >= 0.3 is 0 Å². The van der Waals surface area contributed by atoms with Gasteiger partial charge in [0.25, 0.3) is 0 Å². The van der Waals surface area contributed by atoms with Crippen molar-refractivity contribution in [2.75, 3.05) is 20.7 Å². The molecule has 1 N–H and O–H groups in total. The van der Waals surface area contributed by atoms with Crippen molar-refractivity contribution in [1.82, 2.24) is 5.32 Å². The Kier molecular flexibility index (Phi) is 4.24. The molecule has 1 rings (SSSR count). The molecule has 4 heteroatoms. The first-order valence-electron chi connectivity index (χ1n) is 4.53. The third-order valence-electron chi connectivity index (χ3n) is 1.86. The molecule has 0 aliphatic carbocycles. The van der Waals surface area contributed by atoms with Crippen molar-refractivity contribution in [3.05, 3.63) is 35.4 Å². The van der Waals surface area contributed by atoms with Gasteiger partial charge in [0.1, 0.15) is 5.82 Å². The number of likely N-dealkylation sites (N-methyl/N-ethyl adjacent to an activating group) is 1. The summed E-state index contributed by atoms with van der Waals surface area (Å²) in [6, 6.07) is 2.03. The highest BCUT2D eigenvalue weighted by Gasteiger charge is 2.09. The smallest absolute Gasteiger partial charge is 0.168 e. The van der Waals surface area contributed by atoms with Gasteiger partial charge in [-0.25, -0.2) is 8.78 Å². The molecule has 2 nitrogen and oxygen atoms in total. The van der Waals surface area contributed by atoms with Crippen molar-refractivity contribution >= 4 is 6.08 Å². The van der Waals surface area contributed by atoms with E-state index in [-0.39, 0.29) is 5.75 Å². The molecule has 0 unspecified atom stereocenters. The second-order valence-corrected chi connectivity index (χ2v) is 2.97. The van der Waals surface area contributed by atoms with Crippen LogP contribution in [0.1, 0.15) is 5.56 Å². The second-order valence-electron chi connectivity index (χ2n) is 2.97. The molecule has 0 saturated carbocycles. The Morgan fingerprint density at radius 2 is 2.13 bits per heavy atom. The summed E-state index contributed by atoms with van der Waals surface area (Å²) >= 11 is 0. The van der Waals surface area contributed by atoms with Gasteiger partial charge < -0.3 is 10.1 Å². The molecule has 82 valence electrons. The van der Waals surface area contributed by atoms with Crippen LogP contribution in [0, 0.1) is 11.6 Å². The highest BCUT2D eigenvalue weighted by atomic mass is 19.1. The van der Waals surface area contributed by atoms with Crippen molar-refractivity contribution in [1.29, 1.82) is 0 Å². The van der Waals surface area contributed by atoms with Crippen molar-refractivity contribution in [2.24, 2.45) is 0 Å². The van der Waals surface area contributed by atoms with Gasteiger partial charge in [-0.05, 0) is 13.1 Å². The third kappa shape index (κ3) is 3.02. The molecule has 0 aromatic heterocycles. The largest absolute Gasteiger partial charge is 0.493 e. The van der Waals surface area contributed by atoms with E-state index < -0.39 is 11.6 Å².